The summed E-state index contributed by atoms with van der Waals surface area (Å²) in [6.07, 6.45) is 2.70. The van der Waals surface area contributed by atoms with Crippen molar-refractivity contribution in [3.63, 3.8) is 0 Å². The van der Waals surface area contributed by atoms with E-state index in [0.717, 1.165) is 11.8 Å². The fraction of sp³-hybridized carbons (Fsp3) is 0.200. The zero-order valence-electron chi connectivity index (χ0n) is 8.10. The third kappa shape index (κ3) is 3.62. The Hall–Kier alpha value is -1.29. The molecule has 0 spiro atoms. The SMILES string of the molecule is COc1cccc(/C=C/S(C)(=O)=O)c1. The monoisotopic (exact) mass is 212 g/mol. The molecule has 0 saturated carbocycles. The van der Waals surface area contributed by atoms with Gasteiger partial charge in [0.05, 0.1) is 7.11 Å². The maximum atomic E-state index is 10.8. The molecule has 0 bridgehead atoms. The van der Waals surface area contributed by atoms with Gasteiger partial charge in [-0.25, -0.2) is 8.42 Å². The highest BCUT2D eigenvalue weighted by Gasteiger charge is 1.95. The summed E-state index contributed by atoms with van der Waals surface area (Å²) in [5, 5.41) is 1.17. The van der Waals surface area contributed by atoms with Crippen molar-refractivity contribution < 1.29 is 13.2 Å². The molecule has 4 heteroatoms. The maximum absolute atomic E-state index is 10.8. The first kappa shape index (κ1) is 10.8. The summed E-state index contributed by atoms with van der Waals surface area (Å²) in [4.78, 5) is 0. The van der Waals surface area contributed by atoms with Crippen molar-refractivity contribution in [1.29, 1.82) is 0 Å². The first-order valence-electron chi connectivity index (χ1n) is 4.03. The van der Waals surface area contributed by atoms with Gasteiger partial charge in [-0.2, -0.15) is 0 Å². The molecule has 14 heavy (non-hydrogen) atoms. The molecule has 1 aromatic rings. The zero-order chi connectivity index (χ0) is 10.6. The van der Waals surface area contributed by atoms with E-state index in [0.29, 0.717) is 5.75 Å². The normalized spacial score (nSPS) is 11.9. The third-order valence-corrected chi connectivity index (χ3v) is 2.23. The largest absolute Gasteiger partial charge is 0.497 e. The van der Waals surface area contributed by atoms with Gasteiger partial charge < -0.3 is 4.74 Å². The van der Waals surface area contributed by atoms with Crippen molar-refractivity contribution in [2.24, 2.45) is 0 Å². The lowest BCUT2D eigenvalue weighted by atomic mass is 10.2. The van der Waals surface area contributed by atoms with Gasteiger partial charge in [-0.15, -0.1) is 0 Å². The molecule has 0 saturated heterocycles. The summed E-state index contributed by atoms with van der Waals surface area (Å²) in [5.41, 5.74) is 0.801. The molecule has 0 aliphatic rings. The Morgan fingerprint density at radius 2 is 2.07 bits per heavy atom. The third-order valence-electron chi connectivity index (χ3n) is 1.60. The van der Waals surface area contributed by atoms with Gasteiger partial charge in [0.15, 0.2) is 9.84 Å². The van der Waals surface area contributed by atoms with Gasteiger partial charge in [0, 0.05) is 11.7 Å². The van der Waals surface area contributed by atoms with Gasteiger partial charge in [-0.1, -0.05) is 12.1 Å². The van der Waals surface area contributed by atoms with E-state index in [1.54, 1.807) is 25.3 Å². The van der Waals surface area contributed by atoms with E-state index in [1.165, 1.54) is 11.5 Å². The van der Waals surface area contributed by atoms with Gasteiger partial charge in [0.1, 0.15) is 5.75 Å². The highest BCUT2D eigenvalue weighted by atomic mass is 32.2. The molecule has 0 unspecified atom stereocenters. The van der Waals surface area contributed by atoms with E-state index in [4.69, 9.17) is 4.74 Å². The lowest BCUT2D eigenvalue weighted by Crippen LogP contribution is -1.88. The average molecular weight is 212 g/mol. The first-order valence-corrected chi connectivity index (χ1v) is 5.99. The molecule has 0 aromatic heterocycles. The molecular weight excluding hydrogens is 200 g/mol. The fourth-order valence-electron chi connectivity index (χ4n) is 0.947. The van der Waals surface area contributed by atoms with Crippen LogP contribution in [0.2, 0.25) is 0 Å². The molecule has 0 radical (unpaired) electrons. The Bertz CT molecular complexity index is 432. The summed E-state index contributed by atoms with van der Waals surface area (Å²) in [6, 6.07) is 7.18. The quantitative estimate of drug-likeness (QED) is 0.766. The molecule has 0 atom stereocenters. The summed E-state index contributed by atoms with van der Waals surface area (Å²) >= 11 is 0. The van der Waals surface area contributed by atoms with Crippen LogP contribution in [0.4, 0.5) is 0 Å². The molecule has 0 N–H and O–H groups in total. The molecule has 3 nitrogen and oxygen atoms in total. The standard InChI is InChI=1S/C10H12O3S/c1-13-10-5-3-4-9(8-10)6-7-14(2,11)12/h3-8H,1-2H3/b7-6+. The Morgan fingerprint density at radius 3 is 2.64 bits per heavy atom. The van der Waals surface area contributed by atoms with Gasteiger partial charge in [0.2, 0.25) is 0 Å². The summed E-state index contributed by atoms with van der Waals surface area (Å²) in [6.45, 7) is 0. The number of hydrogen-bond acceptors (Lipinski definition) is 3. The minimum Gasteiger partial charge on any atom is -0.497 e. The van der Waals surface area contributed by atoms with E-state index in [-0.39, 0.29) is 0 Å². The second-order valence-corrected chi connectivity index (χ2v) is 4.84. The van der Waals surface area contributed by atoms with Crippen molar-refractivity contribution >= 4 is 15.9 Å². The predicted octanol–water partition coefficient (Wildman–Crippen LogP) is 1.71. The van der Waals surface area contributed by atoms with Crippen molar-refractivity contribution in [3.05, 3.63) is 35.2 Å². The minimum absolute atomic E-state index is 0.709. The lowest BCUT2D eigenvalue weighted by molar-refractivity contribution is 0.414. The molecule has 76 valence electrons. The number of rotatable bonds is 3. The molecule has 1 rings (SSSR count). The van der Waals surface area contributed by atoms with E-state index < -0.39 is 9.84 Å². The van der Waals surface area contributed by atoms with Gasteiger partial charge in [-0.3, -0.25) is 0 Å². The van der Waals surface area contributed by atoms with E-state index >= 15 is 0 Å². The van der Waals surface area contributed by atoms with Crippen LogP contribution in [0, 0.1) is 0 Å². The molecule has 0 aliphatic carbocycles. The molecular formula is C10H12O3S. The molecule has 0 fully saturated rings. The first-order chi connectivity index (χ1) is 6.51. The van der Waals surface area contributed by atoms with Crippen LogP contribution in [0.25, 0.3) is 6.08 Å². The summed E-state index contributed by atoms with van der Waals surface area (Å²) < 4.78 is 26.7. The van der Waals surface area contributed by atoms with Crippen molar-refractivity contribution in [2.45, 2.75) is 0 Å². The Kier molecular flexibility index (Phi) is 3.30. The lowest BCUT2D eigenvalue weighted by Gasteiger charge is -1.99. The number of ether oxygens (including phenoxy) is 1. The Balaban J connectivity index is 2.93. The van der Waals surface area contributed by atoms with Crippen LogP contribution in [0.3, 0.4) is 0 Å². The summed E-state index contributed by atoms with van der Waals surface area (Å²) in [5.74, 6) is 0.709. The average Bonchev–Trinajstić information content (AvgIpc) is 2.14. The Labute approximate surface area is 83.9 Å². The van der Waals surface area contributed by atoms with Crippen LogP contribution in [-0.2, 0) is 9.84 Å². The van der Waals surface area contributed by atoms with E-state index in [2.05, 4.69) is 0 Å². The number of hydrogen-bond donors (Lipinski definition) is 0. The van der Waals surface area contributed by atoms with Crippen molar-refractivity contribution in [3.8, 4) is 5.75 Å². The maximum Gasteiger partial charge on any atom is 0.168 e. The van der Waals surface area contributed by atoms with Crippen molar-refractivity contribution in [2.75, 3.05) is 13.4 Å². The fourth-order valence-corrected chi connectivity index (χ4v) is 1.35. The smallest absolute Gasteiger partial charge is 0.168 e. The number of benzene rings is 1. The van der Waals surface area contributed by atoms with Crippen LogP contribution < -0.4 is 4.74 Å². The van der Waals surface area contributed by atoms with Crippen LogP contribution in [0.1, 0.15) is 5.56 Å². The molecule has 0 amide bonds. The molecule has 0 heterocycles. The highest BCUT2D eigenvalue weighted by molar-refractivity contribution is 7.93. The Morgan fingerprint density at radius 1 is 1.36 bits per heavy atom. The topological polar surface area (TPSA) is 43.4 Å². The minimum atomic E-state index is -3.06. The van der Waals surface area contributed by atoms with Crippen LogP contribution >= 0.6 is 0 Å². The van der Waals surface area contributed by atoms with E-state index in [1.807, 2.05) is 6.07 Å². The van der Waals surface area contributed by atoms with Gasteiger partial charge in [-0.05, 0) is 23.8 Å². The predicted molar refractivity (Wildman–Crippen MR) is 56.9 cm³/mol. The number of sulfone groups is 1. The zero-order valence-corrected chi connectivity index (χ0v) is 8.91. The second-order valence-electron chi connectivity index (χ2n) is 2.91. The van der Waals surface area contributed by atoms with Crippen LogP contribution in [0.15, 0.2) is 29.7 Å². The van der Waals surface area contributed by atoms with E-state index in [9.17, 15) is 8.42 Å². The van der Waals surface area contributed by atoms with Gasteiger partial charge in [0.25, 0.3) is 0 Å². The van der Waals surface area contributed by atoms with Gasteiger partial charge >= 0.3 is 0 Å². The second kappa shape index (κ2) is 4.28. The molecule has 0 aliphatic heterocycles. The summed E-state index contributed by atoms with van der Waals surface area (Å²) in [7, 11) is -1.49. The van der Waals surface area contributed by atoms with Crippen molar-refractivity contribution in [1.82, 2.24) is 0 Å². The van der Waals surface area contributed by atoms with Crippen LogP contribution in [0.5, 0.6) is 5.75 Å². The number of methoxy groups -OCH3 is 1. The highest BCUT2D eigenvalue weighted by Crippen LogP contribution is 2.13. The molecule has 1 aromatic carbocycles. The van der Waals surface area contributed by atoms with Crippen LogP contribution in [-0.4, -0.2) is 21.8 Å².